The number of anilines is 1. The molecule has 1 heterocycles. The summed E-state index contributed by atoms with van der Waals surface area (Å²) in [6, 6.07) is 9.27. The van der Waals surface area contributed by atoms with Gasteiger partial charge in [-0.1, -0.05) is 18.2 Å². The van der Waals surface area contributed by atoms with Crippen molar-refractivity contribution in [3.8, 4) is 5.69 Å². The second-order valence-corrected chi connectivity index (χ2v) is 4.80. The van der Waals surface area contributed by atoms with Gasteiger partial charge in [-0.2, -0.15) is 0 Å². The number of carbonyl (C=O) groups excluding carboxylic acids is 1. The number of nitrogens with zero attached hydrogens (tertiary/aromatic N) is 2. The molecule has 0 aliphatic heterocycles. The Morgan fingerprint density at radius 2 is 1.90 bits per heavy atom. The molecule has 0 saturated carbocycles. The Morgan fingerprint density at radius 3 is 2.48 bits per heavy atom. The van der Waals surface area contributed by atoms with Gasteiger partial charge in [-0.05, 0) is 26.0 Å². The number of para-hydroxylation sites is 1. The first-order valence-electron chi connectivity index (χ1n) is 6.65. The number of hydrogen-bond acceptors (Lipinski definition) is 3. The number of benzene rings is 1. The van der Waals surface area contributed by atoms with Crippen LogP contribution in [0.15, 0.2) is 35.1 Å². The van der Waals surface area contributed by atoms with Crippen LogP contribution in [0.1, 0.15) is 12.6 Å². The molecule has 2 rings (SSSR count). The van der Waals surface area contributed by atoms with Gasteiger partial charge in [0.25, 0.3) is 11.5 Å². The minimum absolute atomic E-state index is 0.266. The zero-order valence-electron chi connectivity index (χ0n) is 12.6. The Kier molecular flexibility index (Phi) is 4.28. The van der Waals surface area contributed by atoms with Crippen LogP contribution >= 0.6 is 0 Å². The summed E-state index contributed by atoms with van der Waals surface area (Å²) in [5.41, 5.74) is 1.43. The van der Waals surface area contributed by atoms with Crippen molar-refractivity contribution in [3.63, 3.8) is 0 Å². The van der Waals surface area contributed by atoms with Crippen molar-refractivity contribution in [1.82, 2.24) is 9.36 Å². The third-order valence-corrected chi connectivity index (χ3v) is 3.53. The summed E-state index contributed by atoms with van der Waals surface area (Å²) in [5.74, 6) is -0.344. The van der Waals surface area contributed by atoms with Crippen LogP contribution in [0.25, 0.3) is 5.69 Å². The average Bonchev–Trinajstić information content (AvgIpc) is 2.71. The normalized spacial score (nSPS) is 12.2. The molecule has 0 saturated heterocycles. The van der Waals surface area contributed by atoms with Gasteiger partial charge in [0.05, 0.1) is 11.4 Å². The van der Waals surface area contributed by atoms with Crippen molar-refractivity contribution < 1.29 is 9.53 Å². The highest BCUT2D eigenvalue weighted by Crippen LogP contribution is 2.14. The Labute approximate surface area is 122 Å². The molecule has 0 aliphatic carbocycles. The first-order chi connectivity index (χ1) is 9.97. The Morgan fingerprint density at radius 1 is 1.29 bits per heavy atom. The number of amides is 1. The third-order valence-electron chi connectivity index (χ3n) is 3.53. The zero-order valence-corrected chi connectivity index (χ0v) is 12.6. The summed E-state index contributed by atoms with van der Waals surface area (Å²) < 4.78 is 8.19. The maximum atomic E-state index is 12.5. The van der Waals surface area contributed by atoms with Crippen LogP contribution in [-0.4, -0.2) is 28.5 Å². The Hall–Kier alpha value is -2.34. The van der Waals surface area contributed by atoms with Crippen LogP contribution in [0, 0.1) is 6.92 Å². The van der Waals surface area contributed by atoms with E-state index in [0.29, 0.717) is 5.69 Å². The second-order valence-electron chi connectivity index (χ2n) is 4.80. The molecule has 21 heavy (non-hydrogen) atoms. The molecule has 0 spiro atoms. The predicted octanol–water partition coefficient (Wildman–Crippen LogP) is 1.46. The summed E-state index contributed by atoms with van der Waals surface area (Å²) in [5, 5.41) is 2.64. The van der Waals surface area contributed by atoms with E-state index in [0.717, 1.165) is 5.69 Å². The van der Waals surface area contributed by atoms with Gasteiger partial charge in [-0.3, -0.25) is 14.3 Å². The van der Waals surface area contributed by atoms with Crippen molar-refractivity contribution in [2.75, 3.05) is 12.4 Å². The lowest BCUT2D eigenvalue weighted by Gasteiger charge is -2.09. The molecule has 1 amide bonds. The summed E-state index contributed by atoms with van der Waals surface area (Å²) >= 11 is 0. The Bertz CT molecular complexity index is 701. The van der Waals surface area contributed by atoms with Crippen LogP contribution in [0.4, 0.5) is 5.69 Å². The van der Waals surface area contributed by atoms with Gasteiger partial charge in [0.1, 0.15) is 11.8 Å². The lowest BCUT2D eigenvalue weighted by atomic mass is 10.3. The molecule has 112 valence electrons. The topological polar surface area (TPSA) is 65.3 Å². The van der Waals surface area contributed by atoms with Gasteiger partial charge < -0.3 is 10.1 Å². The zero-order chi connectivity index (χ0) is 15.6. The number of rotatable bonds is 4. The summed E-state index contributed by atoms with van der Waals surface area (Å²) in [6.45, 7) is 3.41. The fourth-order valence-corrected chi connectivity index (χ4v) is 2.04. The number of carbonyl (C=O) groups is 1. The standard InChI is InChI=1S/C15H19N3O3/c1-10-13(16-14(19)11(2)21-4)15(20)18(17(10)3)12-8-6-5-7-9-12/h5-9,11H,1-4H3,(H,16,19). The molecule has 0 fully saturated rings. The molecule has 2 aromatic rings. The van der Waals surface area contributed by atoms with Crippen LogP contribution in [0.5, 0.6) is 0 Å². The lowest BCUT2D eigenvalue weighted by molar-refractivity contribution is -0.124. The first-order valence-corrected chi connectivity index (χ1v) is 6.65. The SMILES string of the molecule is COC(C)C(=O)Nc1c(C)n(C)n(-c2ccccc2)c1=O. The first kappa shape index (κ1) is 15.1. The molecular weight excluding hydrogens is 270 g/mol. The molecule has 6 heteroatoms. The van der Waals surface area contributed by atoms with E-state index in [2.05, 4.69) is 5.32 Å². The van der Waals surface area contributed by atoms with Gasteiger partial charge in [0.15, 0.2) is 0 Å². The number of methoxy groups -OCH3 is 1. The van der Waals surface area contributed by atoms with E-state index in [1.807, 2.05) is 30.3 Å². The number of hydrogen-bond donors (Lipinski definition) is 1. The number of aromatic nitrogens is 2. The highest BCUT2D eigenvalue weighted by atomic mass is 16.5. The molecular formula is C15H19N3O3. The highest BCUT2D eigenvalue weighted by Gasteiger charge is 2.20. The van der Waals surface area contributed by atoms with Gasteiger partial charge in [0.2, 0.25) is 0 Å². The smallest absolute Gasteiger partial charge is 0.295 e. The summed E-state index contributed by atoms with van der Waals surface area (Å²) in [6.07, 6.45) is -0.616. The molecule has 1 N–H and O–H groups in total. The quantitative estimate of drug-likeness (QED) is 0.926. The minimum Gasteiger partial charge on any atom is -0.372 e. The van der Waals surface area contributed by atoms with Crippen LogP contribution < -0.4 is 10.9 Å². The fraction of sp³-hybridized carbons (Fsp3) is 0.333. The molecule has 1 atom stereocenters. The molecule has 1 aromatic carbocycles. The lowest BCUT2D eigenvalue weighted by Crippen LogP contribution is -2.29. The maximum absolute atomic E-state index is 12.5. The summed E-state index contributed by atoms with van der Waals surface area (Å²) in [4.78, 5) is 24.5. The van der Waals surface area contributed by atoms with Crippen molar-refractivity contribution in [2.45, 2.75) is 20.0 Å². The van der Waals surface area contributed by atoms with E-state index in [1.54, 1.807) is 25.6 Å². The number of nitrogens with one attached hydrogen (secondary N) is 1. The molecule has 0 bridgehead atoms. The molecule has 6 nitrogen and oxygen atoms in total. The molecule has 0 aliphatic rings. The Balaban J connectivity index is 2.47. The highest BCUT2D eigenvalue weighted by molar-refractivity contribution is 5.94. The van der Waals surface area contributed by atoms with Gasteiger partial charge in [-0.15, -0.1) is 0 Å². The van der Waals surface area contributed by atoms with Gasteiger partial charge >= 0.3 is 0 Å². The van der Waals surface area contributed by atoms with Gasteiger partial charge in [-0.25, -0.2) is 4.68 Å². The van der Waals surface area contributed by atoms with E-state index < -0.39 is 6.10 Å². The second kappa shape index (κ2) is 5.97. The van der Waals surface area contributed by atoms with Crippen molar-refractivity contribution >= 4 is 11.6 Å². The number of ether oxygens (including phenoxy) is 1. The maximum Gasteiger partial charge on any atom is 0.295 e. The van der Waals surface area contributed by atoms with E-state index in [-0.39, 0.29) is 17.2 Å². The van der Waals surface area contributed by atoms with Crippen molar-refractivity contribution in [3.05, 3.63) is 46.4 Å². The van der Waals surface area contributed by atoms with Gasteiger partial charge in [0, 0.05) is 14.2 Å². The van der Waals surface area contributed by atoms with Crippen LogP contribution in [-0.2, 0) is 16.6 Å². The van der Waals surface area contributed by atoms with E-state index in [1.165, 1.54) is 11.8 Å². The predicted molar refractivity (Wildman–Crippen MR) is 80.8 cm³/mol. The minimum atomic E-state index is -0.616. The van der Waals surface area contributed by atoms with Crippen molar-refractivity contribution in [1.29, 1.82) is 0 Å². The molecule has 1 unspecified atom stereocenters. The molecule has 0 radical (unpaired) electrons. The molecule has 1 aromatic heterocycles. The third kappa shape index (κ3) is 2.75. The van der Waals surface area contributed by atoms with E-state index >= 15 is 0 Å². The van der Waals surface area contributed by atoms with Crippen molar-refractivity contribution in [2.24, 2.45) is 7.05 Å². The van der Waals surface area contributed by atoms with Crippen LogP contribution in [0.3, 0.4) is 0 Å². The monoisotopic (exact) mass is 289 g/mol. The fourth-order valence-electron chi connectivity index (χ4n) is 2.04. The van der Waals surface area contributed by atoms with E-state index in [4.69, 9.17) is 4.74 Å². The largest absolute Gasteiger partial charge is 0.372 e. The average molecular weight is 289 g/mol. The van der Waals surface area contributed by atoms with Crippen LogP contribution in [0.2, 0.25) is 0 Å². The summed E-state index contributed by atoms with van der Waals surface area (Å²) in [7, 11) is 3.23. The van der Waals surface area contributed by atoms with E-state index in [9.17, 15) is 9.59 Å².